The fourth-order valence-electron chi connectivity index (χ4n) is 3.87. The van der Waals surface area contributed by atoms with Gasteiger partial charge in [0, 0.05) is 38.6 Å². The van der Waals surface area contributed by atoms with E-state index in [4.69, 9.17) is 4.74 Å². The van der Waals surface area contributed by atoms with Crippen LogP contribution in [-0.2, 0) is 22.6 Å². The smallest absolute Gasteiger partial charge is 0.220 e. The zero-order chi connectivity index (χ0) is 18.2. The van der Waals surface area contributed by atoms with Crippen molar-refractivity contribution in [3.05, 3.63) is 35.4 Å². The number of carbonyl (C=O) groups excluding carboxylic acids is 1. The Labute approximate surface area is 157 Å². The van der Waals surface area contributed by atoms with E-state index in [1.165, 1.54) is 37.1 Å². The molecule has 5 nitrogen and oxygen atoms in total. The molecule has 0 unspecified atom stereocenters. The molecular formula is C21H33N3O2. The van der Waals surface area contributed by atoms with Gasteiger partial charge in [-0.25, -0.2) is 0 Å². The van der Waals surface area contributed by atoms with E-state index in [1.54, 1.807) is 0 Å². The summed E-state index contributed by atoms with van der Waals surface area (Å²) in [6, 6.07) is 9.06. The molecule has 1 aromatic carbocycles. The highest BCUT2D eigenvalue weighted by Crippen LogP contribution is 2.14. The maximum atomic E-state index is 12.2. The summed E-state index contributed by atoms with van der Waals surface area (Å²) < 4.78 is 5.39. The lowest BCUT2D eigenvalue weighted by molar-refractivity contribution is -0.121. The number of ether oxygens (including phenoxy) is 1. The largest absolute Gasteiger partial charge is 0.379 e. The highest BCUT2D eigenvalue weighted by molar-refractivity contribution is 5.75. The first-order chi connectivity index (χ1) is 12.7. The Bertz CT molecular complexity index is 566. The molecule has 5 heteroatoms. The molecule has 1 aromatic rings. The lowest BCUT2D eigenvalue weighted by atomic mass is 10.1. The molecule has 1 atom stereocenters. The van der Waals surface area contributed by atoms with Gasteiger partial charge in [0.1, 0.15) is 0 Å². The summed E-state index contributed by atoms with van der Waals surface area (Å²) in [5, 5.41) is 3.08. The molecule has 1 N–H and O–H groups in total. The summed E-state index contributed by atoms with van der Waals surface area (Å²) in [6.45, 7) is 9.86. The first-order valence-corrected chi connectivity index (χ1v) is 10.1. The van der Waals surface area contributed by atoms with Crippen molar-refractivity contribution in [1.82, 2.24) is 15.1 Å². The van der Waals surface area contributed by atoms with Crippen LogP contribution < -0.4 is 5.32 Å². The molecule has 0 radical (unpaired) electrons. The molecule has 0 saturated carbocycles. The highest BCUT2D eigenvalue weighted by atomic mass is 16.5. The number of hydrogen-bond acceptors (Lipinski definition) is 4. The quantitative estimate of drug-likeness (QED) is 0.774. The molecule has 2 heterocycles. The van der Waals surface area contributed by atoms with Crippen LogP contribution >= 0.6 is 0 Å². The van der Waals surface area contributed by atoms with Crippen molar-refractivity contribution in [3.8, 4) is 0 Å². The van der Waals surface area contributed by atoms with Crippen LogP contribution in [0.25, 0.3) is 0 Å². The van der Waals surface area contributed by atoms with E-state index >= 15 is 0 Å². The number of morpholine rings is 1. The second-order valence-electron chi connectivity index (χ2n) is 7.62. The van der Waals surface area contributed by atoms with E-state index in [0.717, 1.165) is 39.3 Å². The van der Waals surface area contributed by atoms with Crippen molar-refractivity contribution in [2.45, 2.75) is 51.7 Å². The third kappa shape index (κ3) is 6.08. The number of nitrogens with zero attached hydrogens (tertiary/aromatic N) is 2. The van der Waals surface area contributed by atoms with E-state index in [1.807, 2.05) is 0 Å². The van der Waals surface area contributed by atoms with Crippen molar-refractivity contribution >= 4 is 5.91 Å². The molecule has 0 aliphatic carbocycles. The van der Waals surface area contributed by atoms with Crippen LogP contribution in [0, 0.1) is 0 Å². The molecule has 1 amide bonds. The molecule has 2 fully saturated rings. The number of likely N-dealkylation sites (tertiary alicyclic amines) is 1. The average molecular weight is 360 g/mol. The van der Waals surface area contributed by atoms with Crippen molar-refractivity contribution in [1.29, 1.82) is 0 Å². The number of rotatable bonds is 8. The zero-order valence-corrected chi connectivity index (χ0v) is 16.1. The standard InChI is InChI=1S/C21H33N3O2/c1-18(24-11-13-26-14-12-24)7-8-21(25)22-16-19-5-4-6-20(15-19)17-23-9-2-3-10-23/h4-6,15,18H,2-3,7-14,16-17H2,1H3,(H,22,25)/t18-/m0/s1. The SMILES string of the molecule is C[C@@H](CCC(=O)NCc1cccc(CN2CCCC2)c1)N1CCOCC1. The Kier molecular flexibility index (Phi) is 7.47. The summed E-state index contributed by atoms with van der Waals surface area (Å²) >= 11 is 0. The van der Waals surface area contributed by atoms with E-state index in [-0.39, 0.29) is 5.91 Å². The summed E-state index contributed by atoms with van der Waals surface area (Å²) in [4.78, 5) is 17.1. The Hall–Kier alpha value is -1.43. The van der Waals surface area contributed by atoms with Crippen LogP contribution in [-0.4, -0.2) is 61.1 Å². The average Bonchev–Trinajstić information content (AvgIpc) is 3.18. The Morgan fingerprint density at radius 3 is 2.65 bits per heavy atom. The first-order valence-electron chi connectivity index (χ1n) is 10.1. The molecule has 0 aromatic heterocycles. The molecule has 2 aliphatic rings. The number of carbonyl (C=O) groups is 1. The van der Waals surface area contributed by atoms with E-state index in [2.05, 4.69) is 46.3 Å². The van der Waals surface area contributed by atoms with Gasteiger partial charge in [0.05, 0.1) is 13.2 Å². The normalized spacial score (nSPS) is 20.2. The van der Waals surface area contributed by atoms with Crippen molar-refractivity contribution in [2.24, 2.45) is 0 Å². The highest BCUT2D eigenvalue weighted by Gasteiger charge is 2.17. The van der Waals surface area contributed by atoms with Crippen LogP contribution in [0.5, 0.6) is 0 Å². The van der Waals surface area contributed by atoms with Crippen LogP contribution in [0.3, 0.4) is 0 Å². The van der Waals surface area contributed by atoms with Gasteiger partial charge in [-0.15, -0.1) is 0 Å². The Morgan fingerprint density at radius 2 is 1.88 bits per heavy atom. The summed E-state index contributed by atoms with van der Waals surface area (Å²) in [7, 11) is 0. The fraction of sp³-hybridized carbons (Fsp3) is 0.667. The second-order valence-corrected chi connectivity index (χ2v) is 7.62. The summed E-state index contributed by atoms with van der Waals surface area (Å²) in [5.74, 6) is 0.148. The van der Waals surface area contributed by atoms with Gasteiger partial charge in [-0.1, -0.05) is 24.3 Å². The van der Waals surface area contributed by atoms with Gasteiger partial charge in [0.15, 0.2) is 0 Å². The number of hydrogen-bond donors (Lipinski definition) is 1. The van der Waals surface area contributed by atoms with Gasteiger partial charge < -0.3 is 10.1 Å². The maximum Gasteiger partial charge on any atom is 0.220 e. The molecular weight excluding hydrogens is 326 g/mol. The predicted octanol–water partition coefficient (Wildman–Crippen LogP) is 2.40. The van der Waals surface area contributed by atoms with Crippen molar-refractivity contribution in [2.75, 3.05) is 39.4 Å². The molecule has 0 bridgehead atoms. The predicted molar refractivity (Wildman–Crippen MR) is 104 cm³/mol. The van der Waals surface area contributed by atoms with E-state index in [9.17, 15) is 4.79 Å². The molecule has 2 saturated heterocycles. The monoisotopic (exact) mass is 359 g/mol. The Balaban J connectivity index is 1.38. The van der Waals surface area contributed by atoms with Crippen LogP contribution in [0.1, 0.15) is 43.7 Å². The van der Waals surface area contributed by atoms with Crippen molar-refractivity contribution in [3.63, 3.8) is 0 Å². The van der Waals surface area contributed by atoms with Crippen LogP contribution in [0.4, 0.5) is 0 Å². The fourth-order valence-corrected chi connectivity index (χ4v) is 3.87. The molecule has 2 aliphatic heterocycles. The number of amides is 1. The molecule has 0 spiro atoms. The van der Waals surface area contributed by atoms with Crippen LogP contribution in [0.2, 0.25) is 0 Å². The second kappa shape index (κ2) is 10.0. The minimum atomic E-state index is 0.148. The molecule has 144 valence electrons. The van der Waals surface area contributed by atoms with Gasteiger partial charge in [-0.2, -0.15) is 0 Å². The molecule has 3 rings (SSSR count). The van der Waals surface area contributed by atoms with E-state index < -0.39 is 0 Å². The summed E-state index contributed by atoms with van der Waals surface area (Å²) in [6.07, 6.45) is 4.13. The lowest BCUT2D eigenvalue weighted by Crippen LogP contribution is -2.42. The lowest BCUT2D eigenvalue weighted by Gasteiger charge is -2.32. The topological polar surface area (TPSA) is 44.8 Å². The van der Waals surface area contributed by atoms with Gasteiger partial charge in [-0.05, 0) is 50.4 Å². The third-order valence-corrected chi connectivity index (χ3v) is 5.54. The van der Waals surface area contributed by atoms with Gasteiger partial charge >= 0.3 is 0 Å². The first kappa shape index (κ1) is 19.3. The minimum absolute atomic E-state index is 0.148. The minimum Gasteiger partial charge on any atom is -0.379 e. The molecule has 26 heavy (non-hydrogen) atoms. The van der Waals surface area contributed by atoms with Crippen molar-refractivity contribution < 1.29 is 9.53 Å². The van der Waals surface area contributed by atoms with E-state index in [0.29, 0.717) is 19.0 Å². The van der Waals surface area contributed by atoms with Crippen LogP contribution in [0.15, 0.2) is 24.3 Å². The third-order valence-electron chi connectivity index (χ3n) is 5.54. The van der Waals surface area contributed by atoms with Gasteiger partial charge in [0.2, 0.25) is 5.91 Å². The van der Waals surface area contributed by atoms with Gasteiger partial charge in [-0.3, -0.25) is 14.6 Å². The number of nitrogens with one attached hydrogen (secondary N) is 1. The Morgan fingerprint density at radius 1 is 1.15 bits per heavy atom. The van der Waals surface area contributed by atoms with Gasteiger partial charge in [0.25, 0.3) is 0 Å². The zero-order valence-electron chi connectivity index (χ0n) is 16.1. The number of benzene rings is 1. The maximum absolute atomic E-state index is 12.2. The summed E-state index contributed by atoms with van der Waals surface area (Å²) in [5.41, 5.74) is 2.54.